The molecule has 9 heteroatoms. The Morgan fingerprint density at radius 3 is 2.22 bits per heavy atom. The van der Waals surface area contributed by atoms with E-state index >= 15 is 0 Å². The fourth-order valence-electron chi connectivity index (χ4n) is 1.99. The fourth-order valence-corrected chi connectivity index (χ4v) is 1.99. The van der Waals surface area contributed by atoms with Gasteiger partial charge < -0.3 is 10.8 Å². The molecular weight excluding hydrogens is 476 g/mol. The van der Waals surface area contributed by atoms with E-state index in [1.807, 2.05) is 0 Å². The molecule has 2 aliphatic rings. The van der Waals surface area contributed by atoms with Crippen molar-refractivity contribution >= 4 is 10.1 Å². The van der Waals surface area contributed by atoms with Crippen molar-refractivity contribution in [2.24, 2.45) is 0 Å². The van der Waals surface area contributed by atoms with Crippen LogP contribution >= 0.6 is 0 Å². The molecule has 0 aromatic carbocycles. The summed E-state index contributed by atoms with van der Waals surface area (Å²) < 4.78 is 62.8. The molecule has 2 aliphatic carbocycles. The molecule has 0 radical (unpaired) electrons. The third kappa shape index (κ3) is 17.4. The first-order valence-corrected chi connectivity index (χ1v) is 9.87. The van der Waals surface area contributed by atoms with Gasteiger partial charge in [0.25, 0.3) is 0 Å². The zero-order valence-electron chi connectivity index (χ0n) is 15.2. The third-order valence-corrected chi connectivity index (χ3v) is 3.97. The van der Waals surface area contributed by atoms with Gasteiger partial charge in [-0.05, 0) is 12.8 Å². The Morgan fingerprint density at radius 1 is 1.07 bits per heavy atom. The van der Waals surface area contributed by atoms with E-state index in [1.165, 1.54) is 25.7 Å². The van der Waals surface area contributed by atoms with Crippen molar-refractivity contribution in [3.05, 3.63) is 42.9 Å². The van der Waals surface area contributed by atoms with Crippen molar-refractivity contribution < 1.29 is 51.3 Å². The minimum absolute atomic E-state index is 0. The zero-order chi connectivity index (χ0) is 19.9. The summed E-state index contributed by atoms with van der Waals surface area (Å²) >= 11 is 0. The minimum atomic E-state index is -5.84. The molecule has 0 spiro atoms. The zero-order valence-corrected chi connectivity index (χ0v) is 17.6. The van der Waals surface area contributed by atoms with E-state index < -0.39 is 15.6 Å². The Morgan fingerprint density at radius 2 is 1.63 bits per heavy atom. The van der Waals surface area contributed by atoms with Gasteiger partial charge in [0.1, 0.15) is 0 Å². The van der Waals surface area contributed by atoms with Gasteiger partial charge in [0.15, 0.2) is 0 Å². The van der Waals surface area contributed by atoms with Crippen LogP contribution in [0.1, 0.15) is 51.4 Å². The van der Waals surface area contributed by atoms with E-state index in [4.69, 9.17) is 17.7 Å². The first-order chi connectivity index (χ1) is 12.2. The summed E-state index contributed by atoms with van der Waals surface area (Å²) in [5.74, 6) is 0. The van der Waals surface area contributed by atoms with Crippen LogP contribution in [0.4, 0.5) is 13.2 Å². The molecule has 1 unspecified atom stereocenters. The molecule has 0 saturated carbocycles. The second-order valence-corrected chi connectivity index (χ2v) is 6.97. The van der Waals surface area contributed by atoms with Crippen molar-refractivity contribution in [2.45, 2.75) is 63.0 Å². The summed E-state index contributed by atoms with van der Waals surface area (Å²) in [5, 5.41) is 0. The van der Waals surface area contributed by atoms with Gasteiger partial charge in [0.05, 0.1) is 0 Å². The molecule has 0 saturated heterocycles. The minimum Gasteiger partial charge on any atom is -0.500 e. The van der Waals surface area contributed by atoms with Gasteiger partial charge >= 0.3 is 36.0 Å². The maximum absolute atomic E-state index is 10.7. The quantitative estimate of drug-likeness (QED) is 0.176. The maximum Gasteiger partial charge on any atom is 2.00 e. The van der Waals surface area contributed by atoms with Crippen LogP contribution in [0.25, 0.3) is 0 Å². The predicted molar refractivity (Wildman–Crippen MR) is 95.7 cm³/mol. The normalized spacial score (nSPS) is 20.3. The summed E-state index contributed by atoms with van der Waals surface area (Å²) in [7, 11) is -4.06. The maximum atomic E-state index is 10.7. The van der Waals surface area contributed by atoms with E-state index in [0.717, 1.165) is 25.7 Å². The van der Waals surface area contributed by atoms with Gasteiger partial charge in [0, 0.05) is 7.11 Å². The molecule has 0 bridgehead atoms. The van der Waals surface area contributed by atoms with Crippen LogP contribution < -0.4 is 0 Å². The molecule has 0 fully saturated rings. The fraction of sp³-hybridized carbons (Fsp3) is 0.611. The standard InChI is InChI=1S/C9H15O.C8H11.CHF3O3S.Pd/c1-10-9-7-5-3-2-4-6-8-9;1-2-4-6-8-7-5-3-1;2-1(3,4)8(5,6)7;/h2-3,8-9H,4-7H2,1H3;1-2,7H,3-6H2;(H,5,6,7);/q2*-1;;+2. The molecule has 1 N–H and O–H groups in total. The molecule has 4 nitrogen and oxygen atoms in total. The van der Waals surface area contributed by atoms with Crippen LogP contribution in [0.15, 0.2) is 30.4 Å². The number of alkyl halides is 3. The Bertz CT molecular complexity index is 517. The Balaban J connectivity index is 0. The summed E-state index contributed by atoms with van der Waals surface area (Å²) in [6, 6.07) is 0. The number of rotatable bonds is 1. The topological polar surface area (TPSA) is 63.6 Å². The first-order valence-electron chi connectivity index (χ1n) is 8.43. The second-order valence-electron chi connectivity index (χ2n) is 5.55. The van der Waals surface area contributed by atoms with Crippen LogP contribution in [0.2, 0.25) is 0 Å². The van der Waals surface area contributed by atoms with Gasteiger partial charge in [-0.15, -0.1) is 0 Å². The average molecular weight is 503 g/mol. The molecule has 0 aliphatic heterocycles. The summed E-state index contributed by atoms with van der Waals surface area (Å²) in [6.07, 6.45) is 26.3. The van der Waals surface area contributed by atoms with Crippen molar-refractivity contribution in [1.29, 1.82) is 0 Å². The van der Waals surface area contributed by atoms with Crippen LogP contribution in [-0.2, 0) is 35.3 Å². The molecule has 0 heterocycles. The van der Waals surface area contributed by atoms with Crippen LogP contribution in [-0.4, -0.2) is 31.7 Å². The Hall–Kier alpha value is -0.458. The summed E-state index contributed by atoms with van der Waals surface area (Å²) in [4.78, 5) is 0. The number of methoxy groups -OCH3 is 1. The molecule has 0 amide bonds. The monoisotopic (exact) mass is 502 g/mol. The predicted octanol–water partition coefficient (Wildman–Crippen LogP) is 5.20. The first kappa shape index (κ1) is 28.7. The van der Waals surface area contributed by atoms with Crippen molar-refractivity contribution in [1.82, 2.24) is 0 Å². The Kier molecular flexibility index (Phi) is 17.6. The molecule has 27 heavy (non-hydrogen) atoms. The largest absolute Gasteiger partial charge is 2.00 e. The molecule has 1 atom stereocenters. The van der Waals surface area contributed by atoms with Crippen molar-refractivity contribution in [3.63, 3.8) is 0 Å². The van der Waals surface area contributed by atoms with E-state index in [9.17, 15) is 13.2 Å². The smallest absolute Gasteiger partial charge is 0.500 e. The number of ether oxygens (including phenoxy) is 1. The molecule has 160 valence electrons. The van der Waals surface area contributed by atoms with Crippen LogP contribution in [0.3, 0.4) is 0 Å². The van der Waals surface area contributed by atoms with Crippen LogP contribution in [0.5, 0.6) is 0 Å². The average Bonchev–Trinajstić information content (AvgIpc) is 2.45. The second kappa shape index (κ2) is 16.5. The van der Waals surface area contributed by atoms with Gasteiger partial charge in [-0.25, -0.2) is 0 Å². The van der Waals surface area contributed by atoms with Crippen molar-refractivity contribution in [2.75, 3.05) is 7.11 Å². The number of hydrogen-bond acceptors (Lipinski definition) is 3. The Labute approximate surface area is 174 Å². The van der Waals surface area contributed by atoms with Gasteiger partial charge in [-0.1, -0.05) is 56.1 Å². The number of halogens is 3. The SMILES string of the molecule is COC1[CH-]CCC=CCC1.O=S(=O)(O)C(F)(F)F.[C-]1=CCCC=CCC1.[Pd+2]. The van der Waals surface area contributed by atoms with Gasteiger partial charge in [-0.2, -0.15) is 34.4 Å². The molecule has 2 rings (SSSR count). The van der Waals surface area contributed by atoms with E-state index in [-0.39, 0.29) is 20.4 Å². The van der Waals surface area contributed by atoms with Crippen molar-refractivity contribution in [3.8, 4) is 0 Å². The summed E-state index contributed by atoms with van der Waals surface area (Å²) in [5.41, 5.74) is -5.53. The summed E-state index contributed by atoms with van der Waals surface area (Å²) in [6.45, 7) is 0. The molecular formula is C18H27F3O4PdS. The number of hydrogen-bond donors (Lipinski definition) is 1. The number of allylic oxidation sites excluding steroid dienone is 6. The van der Waals surface area contributed by atoms with E-state index in [1.54, 1.807) is 7.11 Å². The van der Waals surface area contributed by atoms with E-state index in [2.05, 4.69) is 42.9 Å². The van der Waals surface area contributed by atoms with E-state index in [0.29, 0.717) is 6.10 Å². The third-order valence-electron chi connectivity index (χ3n) is 3.39. The molecule has 0 aromatic rings. The van der Waals surface area contributed by atoms with Gasteiger partial charge in [-0.3, -0.25) is 17.0 Å². The van der Waals surface area contributed by atoms with Gasteiger partial charge in [0.2, 0.25) is 0 Å². The molecule has 0 aromatic heterocycles. The van der Waals surface area contributed by atoms with Crippen LogP contribution in [0, 0.1) is 12.5 Å².